The number of hydrogen-bond donors (Lipinski definition) is 1. The van der Waals surface area contributed by atoms with Gasteiger partial charge in [-0.1, -0.05) is 43.7 Å². The first-order chi connectivity index (χ1) is 12.2. The minimum atomic E-state index is -0.0173. The molecular weight excluding hydrogens is 310 g/mol. The summed E-state index contributed by atoms with van der Waals surface area (Å²) in [7, 11) is 1.66. The molecule has 0 unspecified atom stereocenters. The van der Waals surface area contributed by atoms with Crippen molar-refractivity contribution in [2.45, 2.75) is 19.8 Å². The van der Waals surface area contributed by atoms with Gasteiger partial charge < -0.3 is 10.1 Å². The van der Waals surface area contributed by atoms with Crippen molar-refractivity contribution in [1.82, 2.24) is 5.32 Å². The Kier molecular flexibility index (Phi) is 5.34. The zero-order valence-corrected chi connectivity index (χ0v) is 14.7. The Balaban J connectivity index is 1.98. The Morgan fingerprint density at radius 3 is 2.64 bits per heavy atom. The van der Waals surface area contributed by atoms with Gasteiger partial charge in [0.15, 0.2) is 0 Å². The number of ether oxygens (including phenoxy) is 1. The van der Waals surface area contributed by atoms with Gasteiger partial charge in [-0.25, -0.2) is 0 Å². The summed E-state index contributed by atoms with van der Waals surface area (Å²) in [6.07, 6.45) is 6.12. The zero-order valence-electron chi connectivity index (χ0n) is 14.7. The number of unbranched alkanes of at least 4 members (excludes halogenated alkanes) is 1. The van der Waals surface area contributed by atoms with Crippen molar-refractivity contribution in [2.24, 2.45) is 0 Å². The summed E-state index contributed by atoms with van der Waals surface area (Å²) in [6, 6.07) is 16.0. The van der Waals surface area contributed by atoms with E-state index < -0.39 is 0 Å². The molecule has 0 heterocycles. The van der Waals surface area contributed by atoms with Crippen LogP contribution in [0.1, 0.15) is 36.5 Å². The molecule has 0 atom stereocenters. The minimum Gasteiger partial charge on any atom is -0.497 e. The van der Waals surface area contributed by atoms with Crippen LogP contribution in [0.4, 0.5) is 0 Å². The summed E-state index contributed by atoms with van der Waals surface area (Å²) in [6.45, 7) is 2.82. The van der Waals surface area contributed by atoms with Crippen LogP contribution in [0.15, 0.2) is 54.6 Å². The average Bonchev–Trinajstić information content (AvgIpc) is 3.00. The van der Waals surface area contributed by atoms with Gasteiger partial charge in [-0.05, 0) is 59.0 Å². The normalized spacial score (nSPS) is 14.2. The zero-order chi connectivity index (χ0) is 17.6. The predicted molar refractivity (Wildman–Crippen MR) is 103 cm³/mol. The fourth-order valence-electron chi connectivity index (χ4n) is 2.95. The first kappa shape index (κ1) is 17.0. The maximum Gasteiger partial charge on any atom is 0.251 e. The van der Waals surface area contributed by atoms with Crippen LogP contribution in [0, 0.1) is 0 Å². The van der Waals surface area contributed by atoms with Crippen LogP contribution < -0.4 is 10.1 Å². The van der Waals surface area contributed by atoms with Gasteiger partial charge in [-0.15, -0.1) is 0 Å². The smallest absolute Gasteiger partial charge is 0.251 e. The van der Waals surface area contributed by atoms with E-state index in [9.17, 15) is 4.79 Å². The van der Waals surface area contributed by atoms with Gasteiger partial charge in [0.1, 0.15) is 5.75 Å². The van der Waals surface area contributed by atoms with E-state index in [4.69, 9.17) is 4.74 Å². The number of methoxy groups -OCH3 is 1. The molecule has 0 aromatic heterocycles. The van der Waals surface area contributed by atoms with E-state index in [1.165, 1.54) is 0 Å². The monoisotopic (exact) mass is 333 g/mol. The summed E-state index contributed by atoms with van der Waals surface area (Å²) in [4.78, 5) is 12.6. The van der Waals surface area contributed by atoms with Gasteiger partial charge >= 0.3 is 0 Å². The van der Waals surface area contributed by atoms with Crippen LogP contribution in [-0.4, -0.2) is 19.6 Å². The molecule has 0 fully saturated rings. The lowest BCUT2D eigenvalue weighted by Gasteiger charge is -2.08. The van der Waals surface area contributed by atoms with E-state index in [0.29, 0.717) is 6.54 Å². The quantitative estimate of drug-likeness (QED) is 0.788. The Morgan fingerprint density at radius 1 is 1.12 bits per heavy atom. The topological polar surface area (TPSA) is 38.3 Å². The minimum absolute atomic E-state index is 0.0173. The molecule has 1 aliphatic carbocycles. The molecule has 2 aromatic rings. The van der Waals surface area contributed by atoms with Crippen molar-refractivity contribution in [3.63, 3.8) is 0 Å². The third kappa shape index (κ3) is 3.82. The molecule has 0 radical (unpaired) electrons. The van der Waals surface area contributed by atoms with Gasteiger partial charge in [0, 0.05) is 12.1 Å². The first-order valence-electron chi connectivity index (χ1n) is 8.68. The van der Waals surface area contributed by atoms with Gasteiger partial charge in [0.05, 0.1) is 7.11 Å². The number of benzene rings is 2. The van der Waals surface area contributed by atoms with Gasteiger partial charge in [0.25, 0.3) is 5.91 Å². The van der Waals surface area contributed by atoms with Crippen LogP contribution in [0.5, 0.6) is 5.75 Å². The fraction of sp³-hybridized carbons (Fsp3) is 0.227. The van der Waals surface area contributed by atoms with Crippen molar-refractivity contribution in [1.29, 1.82) is 0 Å². The molecule has 0 bridgehead atoms. The van der Waals surface area contributed by atoms with E-state index in [1.807, 2.05) is 42.5 Å². The molecule has 3 rings (SSSR count). The number of fused-ring (bicyclic) bond motifs is 1. The highest BCUT2D eigenvalue weighted by Crippen LogP contribution is 2.38. The van der Waals surface area contributed by atoms with Gasteiger partial charge in [0.2, 0.25) is 0 Å². The number of carbonyl (C=O) groups excluding carboxylic acids is 1. The molecule has 2 aromatic carbocycles. The highest BCUT2D eigenvalue weighted by Gasteiger charge is 2.23. The molecule has 3 nitrogen and oxygen atoms in total. The fourth-order valence-corrected chi connectivity index (χ4v) is 2.95. The molecule has 0 saturated heterocycles. The van der Waals surface area contributed by atoms with Crippen molar-refractivity contribution < 1.29 is 9.53 Å². The molecule has 1 amide bonds. The Hall–Kier alpha value is -2.81. The van der Waals surface area contributed by atoms with Crippen LogP contribution in [0.3, 0.4) is 0 Å². The molecule has 3 heteroatoms. The molecule has 1 N–H and O–H groups in total. The van der Waals surface area contributed by atoms with Gasteiger partial charge in [-0.3, -0.25) is 4.79 Å². The molecule has 1 aliphatic rings. The average molecular weight is 333 g/mol. The number of amides is 1. The summed E-state index contributed by atoms with van der Waals surface area (Å²) in [5.74, 6) is 0.773. The van der Waals surface area contributed by atoms with E-state index in [2.05, 4.69) is 30.4 Å². The van der Waals surface area contributed by atoms with E-state index in [1.54, 1.807) is 7.11 Å². The van der Waals surface area contributed by atoms with Crippen LogP contribution >= 0.6 is 0 Å². The molecule has 0 aliphatic heterocycles. The maximum absolute atomic E-state index is 12.6. The van der Waals surface area contributed by atoms with Crippen molar-refractivity contribution in [3.8, 4) is 5.75 Å². The molecule has 0 spiro atoms. The molecule has 128 valence electrons. The van der Waals surface area contributed by atoms with Gasteiger partial charge in [-0.2, -0.15) is 0 Å². The number of nitrogens with one attached hydrogen (secondary N) is 1. The summed E-state index contributed by atoms with van der Waals surface area (Å²) >= 11 is 0. The number of carbonyl (C=O) groups is 1. The second kappa shape index (κ2) is 7.84. The standard InChI is InChI=1S/C22H23NO2/c1-3-4-12-23-22(24)21-14-17(13-16-8-6-5-7-9-16)20-15-18(25-2)10-11-19(20)21/h5-11,13-15H,3-4,12H2,1-2H3,(H,23,24)/b17-13+. The summed E-state index contributed by atoms with van der Waals surface area (Å²) < 4.78 is 5.36. The van der Waals surface area contributed by atoms with Crippen molar-refractivity contribution in [2.75, 3.05) is 13.7 Å². The SMILES string of the molecule is CCCCNC(=O)C1=C/C(=C\c2ccccc2)c2cc(OC)ccc21. The van der Waals surface area contributed by atoms with Crippen molar-refractivity contribution >= 4 is 23.1 Å². The van der Waals surface area contributed by atoms with Crippen LogP contribution in [0.2, 0.25) is 0 Å². The number of allylic oxidation sites excluding steroid dienone is 2. The Morgan fingerprint density at radius 2 is 1.92 bits per heavy atom. The Bertz CT molecular complexity index is 819. The summed E-state index contributed by atoms with van der Waals surface area (Å²) in [5.41, 5.74) is 4.84. The predicted octanol–water partition coefficient (Wildman–Crippen LogP) is 4.55. The highest BCUT2D eigenvalue weighted by atomic mass is 16.5. The van der Waals surface area contributed by atoms with E-state index >= 15 is 0 Å². The molecule has 0 saturated carbocycles. The third-order valence-corrected chi connectivity index (χ3v) is 4.31. The lowest BCUT2D eigenvalue weighted by Crippen LogP contribution is -2.24. The number of rotatable bonds is 6. The second-order valence-electron chi connectivity index (χ2n) is 6.09. The second-order valence-corrected chi connectivity index (χ2v) is 6.09. The van der Waals surface area contributed by atoms with Crippen LogP contribution in [0.25, 0.3) is 17.2 Å². The van der Waals surface area contributed by atoms with E-state index in [0.717, 1.165) is 46.4 Å². The Labute approximate surface area is 149 Å². The van der Waals surface area contributed by atoms with Crippen molar-refractivity contribution in [3.05, 3.63) is 71.3 Å². The highest BCUT2D eigenvalue weighted by molar-refractivity contribution is 6.26. The summed E-state index contributed by atoms with van der Waals surface area (Å²) in [5, 5.41) is 3.01. The largest absolute Gasteiger partial charge is 0.497 e. The number of hydrogen-bond acceptors (Lipinski definition) is 2. The first-order valence-corrected chi connectivity index (χ1v) is 8.68. The van der Waals surface area contributed by atoms with Crippen LogP contribution in [-0.2, 0) is 4.79 Å². The lowest BCUT2D eigenvalue weighted by atomic mass is 10.0. The maximum atomic E-state index is 12.6. The molecule has 25 heavy (non-hydrogen) atoms. The molecular formula is C22H23NO2. The lowest BCUT2D eigenvalue weighted by molar-refractivity contribution is -0.115. The van der Waals surface area contributed by atoms with E-state index in [-0.39, 0.29) is 5.91 Å². The third-order valence-electron chi connectivity index (χ3n) is 4.31.